The Balaban J connectivity index is 2.19. The summed E-state index contributed by atoms with van der Waals surface area (Å²) in [6.07, 6.45) is 6.69. The van der Waals surface area contributed by atoms with Crippen molar-refractivity contribution in [1.82, 2.24) is 0 Å². The van der Waals surface area contributed by atoms with Gasteiger partial charge in [-0.2, -0.15) is 0 Å². The number of benzene rings is 1. The summed E-state index contributed by atoms with van der Waals surface area (Å²) in [6, 6.07) is 1.36. The third-order valence-electron chi connectivity index (χ3n) is 7.88. The molecule has 1 aromatic carbocycles. The maximum Gasteiger partial charge on any atom is 0.405 e. The second-order valence-corrected chi connectivity index (χ2v) is 11.1. The number of carbonyl (C=O) groups excluding carboxylic acids is 2. The Morgan fingerprint density at radius 3 is 2.35 bits per heavy atom. The highest BCUT2D eigenvalue weighted by atomic mass is 16.6. The van der Waals surface area contributed by atoms with Crippen molar-refractivity contribution in [2.45, 2.75) is 65.0 Å². The Hall–Kier alpha value is -3.80. The standard InChI is InChI=1S/C32H45N3O8/c1-18-14-22-27(35-12-9-13-35)24(36)17-23(28(22)37)34-31(38)19(2)10-8-11-25(40-5)30(43-32(33)39)21(4)16-20(3)29(42-7)26(15-18)41-6/h8,10-11,14,16-17,20,25-26,29-30,36-37H,9,12-13,15H2,1-7H3,(H2,33,39)(H,34,38)/b11-8-,18-14-,19-10+,21-16+/t20-,25-,26-,29+,30-/m0/s1. The van der Waals surface area contributed by atoms with E-state index in [0.717, 1.165) is 25.1 Å². The summed E-state index contributed by atoms with van der Waals surface area (Å²) < 4.78 is 22.9. The molecule has 0 spiro atoms. The fraction of sp³-hybridized carbons (Fsp3) is 0.500. The van der Waals surface area contributed by atoms with Crippen molar-refractivity contribution in [2.75, 3.05) is 44.6 Å². The lowest BCUT2D eigenvalue weighted by Crippen LogP contribution is -2.37. The van der Waals surface area contributed by atoms with Crippen molar-refractivity contribution < 1.29 is 38.7 Å². The van der Waals surface area contributed by atoms with Gasteiger partial charge in [0.1, 0.15) is 17.6 Å². The first-order valence-electron chi connectivity index (χ1n) is 14.3. The molecule has 0 radical (unpaired) electrons. The minimum atomic E-state index is -0.952. The predicted molar refractivity (Wildman–Crippen MR) is 166 cm³/mol. The summed E-state index contributed by atoms with van der Waals surface area (Å²) in [5, 5.41) is 25.1. The second-order valence-electron chi connectivity index (χ2n) is 11.1. The zero-order valence-electron chi connectivity index (χ0n) is 26.0. The Labute approximate surface area is 253 Å². The molecule has 43 heavy (non-hydrogen) atoms. The number of methoxy groups -OCH3 is 3. The molecule has 2 amide bonds. The van der Waals surface area contributed by atoms with Crippen molar-refractivity contribution in [1.29, 1.82) is 0 Å². The van der Waals surface area contributed by atoms with Crippen LogP contribution in [0.1, 0.15) is 46.1 Å². The number of anilines is 2. The monoisotopic (exact) mass is 599 g/mol. The number of aromatic hydroxyl groups is 2. The maximum atomic E-state index is 13.1. The minimum absolute atomic E-state index is 0.0463. The molecule has 0 aliphatic carbocycles. The number of fused-ring (bicyclic) bond motifs is 2. The third-order valence-corrected chi connectivity index (χ3v) is 7.88. The van der Waals surface area contributed by atoms with E-state index in [9.17, 15) is 19.8 Å². The largest absolute Gasteiger partial charge is 0.506 e. The van der Waals surface area contributed by atoms with E-state index in [-0.39, 0.29) is 23.1 Å². The van der Waals surface area contributed by atoms with Gasteiger partial charge < -0.3 is 45.1 Å². The van der Waals surface area contributed by atoms with Crippen molar-refractivity contribution in [3.8, 4) is 11.5 Å². The van der Waals surface area contributed by atoms with Gasteiger partial charge in [-0.25, -0.2) is 4.79 Å². The van der Waals surface area contributed by atoms with E-state index < -0.39 is 36.4 Å². The molecule has 11 heteroatoms. The smallest absolute Gasteiger partial charge is 0.405 e. The van der Waals surface area contributed by atoms with Crippen molar-refractivity contribution >= 4 is 29.5 Å². The fourth-order valence-corrected chi connectivity index (χ4v) is 5.49. The normalized spacial score (nSPS) is 30.0. The molecule has 1 aromatic rings. The number of allylic oxidation sites excluding steroid dienone is 2. The van der Waals surface area contributed by atoms with E-state index in [0.29, 0.717) is 28.8 Å². The first-order chi connectivity index (χ1) is 20.4. The van der Waals surface area contributed by atoms with E-state index in [1.807, 2.05) is 37.8 Å². The number of nitrogens with two attached hydrogens (primary N) is 1. The Morgan fingerprint density at radius 1 is 1.09 bits per heavy atom. The van der Waals surface area contributed by atoms with Crippen LogP contribution < -0.4 is 16.0 Å². The van der Waals surface area contributed by atoms with Crippen LogP contribution in [0.15, 0.2) is 47.1 Å². The lowest BCUT2D eigenvalue weighted by Gasteiger charge is -2.35. The maximum absolute atomic E-state index is 13.1. The lowest BCUT2D eigenvalue weighted by molar-refractivity contribution is -0.112. The molecule has 0 unspecified atom stereocenters. The van der Waals surface area contributed by atoms with Crippen LogP contribution in [-0.2, 0) is 23.7 Å². The molecule has 5 atom stereocenters. The number of ether oxygens (including phenoxy) is 4. The molecular formula is C32H45N3O8. The van der Waals surface area contributed by atoms with E-state index >= 15 is 0 Å². The van der Waals surface area contributed by atoms with Crippen LogP contribution in [0.4, 0.5) is 16.2 Å². The zero-order chi connectivity index (χ0) is 31.8. The number of amides is 2. The van der Waals surface area contributed by atoms with Gasteiger partial charge in [-0.3, -0.25) is 4.79 Å². The number of carbonyl (C=O) groups is 2. The molecule has 2 bridgehead atoms. The molecule has 0 saturated carbocycles. The summed E-state index contributed by atoms with van der Waals surface area (Å²) in [4.78, 5) is 26.9. The molecular weight excluding hydrogens is 554 g/mol. The SMILES string of the molecule is CO[C@H]1[C@@H](OC)C/C(C)=C\c2c(O)c(cc(O)c2N2CCC2)NC(=O)/C(C)=C/C=C\[C@H](OC)[C@@H](OC(N)=O)/C(C)=C/[C@@H]1C. The summed E-state index contributed by atoms with van der Waals surface area (Å²) in [5.41, 5.74) is 8.28. The van der Waals surface area contributed by atoms with E-state index in [1.165, 1.54) is 13.2 Å². The number of nitrogens with zero attached hydrogens (tertiary/aromatic N) is 1. The number of phenols is 2. The second kappa shape index (κ2) is 15.1. The summed E-state index contributed by atoms with van der Waals surface area (Å²) >= 11 is 0. The summed E-state index contributed by atoms with van der Waals surface area (Å²) in [7, 11) is 4.69. The van der Waals surface area contributed by atoms with Crippen LogP contribution in [-0.4, -0.2) is 81.0 Å². The zero-order valence-corrected chi connectivity index (χ0v) is 26.0. The Kier molecular flexibility index (Phi) is 11.8. The summed E-state index contributed by atoms with van der Waals surface area (Å²) in [5.74, 6) is -0.864. The molecule has 11 nitrogen and oxygen atoms in total. The quantitative estimate of drug-likeness (QED) is 0.215. The van der Waals surface area contributed by atoms with Gasteiger partial charge in [-0.15, -0.1) is 0 Å². The highest BCUT2D eigenvalue weighted by molar-refractivity contribution is 6.05. The predicted octanol–water partition coefficient (Wildman–Crippen LogP) is 4.65. The lowest BCUT2D eigenvalue weighted by atomic mass is 9.91. The highest BCUT2D eigenvalue weighted by Gasteiger charge is 2.30. The molecule has 236 valence electrons. The molecule has 5 N–H and O–H groups in total. The topological polar surface area (TPSA) is 153 Å². The molecule has 2 aliphatic rings. The molecule has 1 saturated heterocycles. The molecule has 1 fully saturated rings. The van der Waals surface area contributed by atoms with Gasteiger partial charge in [0.25, 0.3) is 5.91 Å². The van der Waals surface area contributed by atoms with E-state index in [2.05, 4.69) is 5.32 Å². The Morgan fingerprint density at radius 2 is 1.79 bits per heavy atom. The van der Waals surface area contributed by atoms with Gasteiger partial charge in [0, 0.05) is 57.5 Å². The van der Waals surface area contributed by atoms with Gasteiger partial charge in [0.15, 0.2) is 6.10 Å². The van der Waals surface area contributed by atoms with Crippen molar-refractivity contribution in [2.24, 2.45) is 11.7 Å². The number of primary amides is 1. The van der Waals surface area contributed by atoms with Gasteiger partial charge in [-0.1, -0.05) is 36.8 Å². The molecule has 0 aromatic heterocycles. The molecule has 3 rings (SSSR count). The molecule has 2 aliphatic heterocycles. The molecule has 2 heterocycles. The van der Waals surface area contributed by atoms with Crippen molar-refractivity contribution in [3.63, 3.8) is 0 Å². The van der Waals surface area contributed by atoms with Crippen LogP contribution in [0.3, 0.4) is 0 Å². The van der Waals surface area contributed by atoms with Gasteiger partial charge in [0.2, 0.25) is 0 Å². The Bertz CT molecular complexity index is 1300. The fourth-order valence-electron chi connectivity index (χ4n) is 5.49. The van der Waals surface area contributed by atoms with E-state index in [1.54, 1.807) is 39.4 Å². The number of hydrogen-bond donors (Lipinski definition) is 4. The first kappa shape index (κ1) is 33.7. The summed E-state index contributed by atoms with van der Waals surface area (Å²) in [6.45, 7) is 8.80. The van der Waals surface area contributed by atoms with Crippen LogP contribution in [0.25, 0.3) is 6.08 Å². The third kappa shape index (κ3) is 8.19. The highest BCUT2D eigenvalue weighted by Crippen LogP contribution is 2.45. The van der Waals surface area contributed by atoms with Gasteiger partial charge in [0.05, 0.1) is 23.6 Å². The van der Waals surface area contributed by atoms with Crippen LogP contribution in [0.2, 0.25) is 0 Å². The van der Waals surface area contributed by atoms with Crippen LogP contribution >= 0.6 is 0 Å². The van der Waals surface area contributed by atoms with Gasteiger partial charge in [-0.05, 0) is 45.3 Å². The number of hydrogen-bond acceptors (Lipinski definition) is 9. The van der Waals surface area contributed by atoms with Crippen LogP contribution in [0, 0.1) is 5.92 Å². The number of nitrogens with one attached hydrogen (secondary N) is 1. The van der Waals surface area contributed by atoms with Gasteiger partial charge >= 0.3 is 6.09 Å². The number of phenolic OH excluding ortho intramolecular Hbond substituents is 2. The average molecular weight is 600 g/mol. The van der Waals surface area contributed by atoms with Crippen LogP contribution in [0.5, 0.6) is 11.5 Å². The average Bonchev–Trinajstić information content (AvgIpc) is 2.92. The van der Waals surface area contributed by atoms with E-state index in [4.69, 9.17) is 24.7 Å². The van der Waals surface area contributed by atoms with Crippen molar-refractivity contribution in [3.05, 3.63) is 52.7 Å². The number of rotatable bonds is 5. The minimum Gasteiger partial charge on any atom is -0.506 e. The first-order valence-corrected chi connectivity index (χ1v) is 14.3.